The number of nitrogens with one attached hydrogen (secondary N) is 2. The maximum Gasteiger partial charge on any atom is 0.407 e. The van der Waals surface area contributed by atoms with Gasteiger partial charge in [0, 0.05) is 6.54 Å². The lowest BCUT2D eigenvalue weighted by Gasteiger charge is -2.28. The molecule has 1 saturated heterocycles. The molecule has 0 radical (unpaired) electrons. The quantitative estimate of drug-likeness (QED) is 0.719. The molecule has 19 heavy (non-hydrogen) atoms. The van der Waals surface area contributed by atoms with Crippen molar-refractivity contribution in [2.75, 3.05) is 13.1 Å². The summed E-state index contributed by atoms with van der Waals surface area (Å²) in [6, 6.07) is -0.458. The lowest BCUT2D eigenvalue weighted by Crippen LogP contribution is -2.44. The van der Waals surface area contributed by atoms with Crippen molar-refractivity contribution in [2.24, 2.45) is 5.92 Å². The predicted molar refractivity (Wildman–Crippen MR) is 71.0 cm³/mol. The van der Waals surface area contributed by atoms with Crippen LogP contribution in [0.3, 0.4) is 0 Å². The van der Waals surface area contributed by atoms with E-state index in [2.05, 4.69) is 10.6 Å². The van der Waals surface area contributed by atoms with Crippen molar-refractivity contribution in [3.05, 3.63) is 0 Å². The molecule has 0 aromatic carbocycles. The lowest BCUT2D eigenvalue weighted by molar-refractivity contribution is -0.140. The Morgan fingerprint density at radius 1 is 1.42 bits per heavy atom. The summed E-state index contributed by atoms with van der Waals surface area (Å²) in [6.07, 6.45) is 1.92. The van der Waals surface area contributed by atoms with E-state index in [0.717, 1.165) is 12.8 Å². The Hall–Kier alpha value is -1.30. The molecule has 0 bridgehead atoms. The maximum absolute atomic E-state index is 11.4. The van der Waals surface area contributed by atoms with Gasteiger partial charge in [-0.05, 0) is 52.5 Å². The second-order valence-corrected chi connectivity index (χ2v) is 5.95. The van der Waals surface area contributed by atoms with Crippen LogP contribution >= 0.6 is 0 Å². The number of hydrogen-bond acceptors (Lipinski definition) is 4. The molecule has 6 nitrogen and oxygen atoms in total. The molecule has 1 amide bonds. The topological polar surface area (TPSA) is 87.7 Å². The molecule has 110 valence electrons. The first-order valence-electron chi connectivity index (χ1n) is 6.71. The van der Waals surface area contributed by atoms with Gasteiger partial charge in [0.05, 0.1) is 0 Å². The predicted octanol–water partition coefficient (Wildman–Crippen LogP) is 1.35. The number of carbonyl (C=O) groups excluding carboxylic acids is 1. The zero-order chi connectivity index (χ0) is 14.5. The molecule has 2 unspecified atom stereocenters. The first kappa shape index (κ1) is 15.8. The summed E-state index contributed by atoms with van der Waals surface area (Å²) in [7, 11) is 0. The van der Waals surface area contributed by atoms with Gasteiger partial charge in [-0.1, -0.05) is 0 Å². The van der Waals surface area contributed by atoms with Crippen LogP contribution < -0.4 is 10.6 Å². The summed E-state index contributed by atoms with van der Waals surface area (Å²) in [4.78, 5) is 22.3. The molecule has 3 N–H and O–H groups in total. The fourth-order valence-corrected chi connectivity index (χ4v) is 2.14. The Morgan fingerprint density at radius 3 is 2.68 bits per heavy atom. The minimum atomic E-state index is -0.801. The van der Waals surface area contributed by atoms with E-state index in [1.165, 1.54) is 0 Å². The molecule has 1 aliphatic rings. The van der Waals surface area contributed by atoms with Crippen LogP contribution in [0.25, 0.3) is 0 Å². The highest BCUT2D eigenvalue weighted by atomic mass is 16.6. The van der Waals surface area contributed by atoms with Gasteiger partial charge in [-0.2, -0.15) is 0 Å². The normalized spacial score (nSPS) is 23.7. The first-order valence-corrected chi connectivity index (χ1v) is 6.71. The second-order valence-electron chi connectivity index (χ2n) is 5.95. The largest absolute Gasteiger partial charge is 0.480 e. The monoisotopic (exact) mass is 272 g/mol. The average molecular weight is 272 g/mol. The summed E-state index contributed by atoms with van der Waals surface area (Å²) in [5.74, 6) is -0.470. The minimum Gasteiger partial charge on any atom is -0.480 e. The van der Waals surface area contributed by atoms with Crippen molar-refractivity contribution in [2.45, 2.75) is 51.7 Å². The van der Waals surface area contributed by atoms with Gasteiger partial charge in [-0.25, -0.2) is 4.79 Å². The second kappa shape index (κ2) is 6.75. The van der Waals surface area contributed by atoms with Crippen LogP contribution in [0.1, 0.15) is 40.0 Å². The van der Waals surface area contributed by atoms with Crippen LogP contribution in [0.5, 0.6) is 0 Å². The molecular weight excluding hydrogens is 248 g/mol. The van der Waals surface area contributed by atoms with Crippen LogP contribution in [0, 0.1) is 5.92 Å². The van der Waals surface area contributed by atoms with E-state index in [4.69, 9.17) is 9.84 Å². The number of carboxylic acid groups (broad SMARTS) is 1. The summed E-state index contributed by atoms with van der Waals surface area (Å²) in [5, 5.41) is 14.6. The summed E-state index contributed by atoms with van der Waals surface area (Å²) >= 11 is 0. The Labute approximate surface area is 113 Å². The number of alkyl carbamates (subject to hydrolysis) is 1. The summed E-state index contributed by atoms with van der Waals surface area (Å²) < 4.78 is 5.13. The number of amides is 1. The molecule has 1 fully saturated rings. The summed E-state index contributed by atoms with van der Waals surface area (Å²) in [5.41, 5.74) is -0.493. The molecule has 0 spiro atoms. The van der Waals surface area contributed by atoms with Gasteiger partial charge in [-0.15, -0.1) is 0 Å². The number of carboxylic acids is 1. The fraction of sp³-hybridized carbons (Fsp3) is 0.846. The van der Waals surface area contributed by atoms with E-state index in [1.54, 1.807) is 0 Å². The third kappa shape index (κ3) is 6.42. The molecule has 1 heterocycles. The standard InChI is InChI=1S/C13H24N2O4/c1-13(2,3)19-12(18)15-7-5-9-4-6-14-10(8-9)11(16)17/h9-10,14H,4-8H2,1-3H3,(H,15,18)(H,16,17). The van der Waals surface area contributed by atoms with Crippen molar-refractivity contribution in [3.8, 4) is 0 Å². The van der Waals surface area contributed by atoms with Gasteiger partial charge in [-0.3, -0.25) is 4.79 Å². The van der Waals surface area contributed by atoms with E-state index < -0.39 is 23.7 Å². The molecule has 0 saturated carbocycles. The Bertz CT molecular complexity index is 325. The number of aliphatic carboxylic acids is 1. The van der Waals surface area contributed by atoms with E-state index in [1.807, 2.05) is 20.8 Å². The average Bonchev–Trinajstić information content (AvgIpc) is 2.27. The van der Waals surface area contributed by atoms with E-state index in [0.29, 0.717) is 25.4 Å². The molecule has 6 heteroatoms. The molecule has 2 atom stereocenters. The Balaban J connectivity index is 2.22. The van der Waals surface area contributed by atoms with E-state index in [9.17, 15) is 9.59 Å². The molecule has 1 aliphatic heterocycles. The Morgan fingerprint density at radius 2 is 2.11 bits per heavy atom. The van der Waals surface area contributed by atoms with Crippen molar-refractivity contribution < 1.29 is 19.4 Å². The lowest BCUT2D eigenvalue weighted by atomic mass is 9.90. The molecule has 0 aromatic rings. The van der Waals surface area contributed by atoms with Crippen molar-refractivity contribution in [1.82, 2.24) is 10.6 Å². The Kier molecular flexibility index (Phi) is 5.60. The number of hydrogen-bond donors (Lipinski definition) is 3. The number of ether oxygens (including phenoxy) is 1. The number of piperidine rings is 1. The zero-order valence-electron chi connectivity index (χ0n) is 11.9. The van der Waals surface area contributed by atoms with E-state index in [-0.39, 0.29) is 0 Å². The van der Waals surface area contributed by atoms with Crippen molar-refractivity contribution in [1.29, 1.82) is 0 Å². The van der Waals surface area contributed by atoms with Crippen molar-refractivity contribution >= 4 is 12.1 Å². The smallest absolute Gasteiger partial charge is 0.407 e. The first-order chi connectivity index (χ1) is 8.78. The van der Waals surface area contributed by atoms with Crippen LogP contribution in [-0.4, -0.2) is 41.9 Å². The summed E-state index contributed by atoms with van der Waals surface area (Å²) in [6.45, 7) is 6.69. The molecular formula is C13H24N2O4. The SMILES string of the molecule is CC(C)(C)OC(=O)NCCC1CCNC(C(=O)O)C1. The van der Waals surface area contributed by atoms with Crippen LogP contribution in [0.4, 0.5) is 4.79 Å². The van der Waals surface area contributed by atoms with Crippen LogP contribution in [0.2, 0.25) is 0 Å². The highest BCUT2D eigenvalue weighted by Gasteiger charge is 2.26. The van der Waals surface area contributed by atoms with Gasteiger partial charge < -0.3 is 20.5 Å². The minimum absolute atomic E-state index is 0.331. The van der Waals surface area contributed by atoms with Gasteiger partial charge in [0.1, 0.15) is 11.6 Å². The number of rotatable bonds is 4. The molecule has 1 rings (SSSR count). The highest BCUT2D eigenvalue weighted by molar-refractivity contribution is 5.73. The highest BCUT2D eigenvalue weighted by Crippen LogP contribution is 2.19. The van der Waals surface area contributed by atoms with Gasteiger partial charge in [0.2, 0.25) is 0 Å². The van der Waals surface area contributed by atoms with Gasteiger partial charge >= 0.3 is 12.1 Å². The van der Waals surface area contributed by atoms with Crippen molar-refractivity contribution in [3.63, 3.8) is 0 Å². The van der Waals surface area contributed by atoms with Crippen LogP contribution in [0.15, 0.2) is 0 Å². The van der Waals surface area contributed by atoms with Gasteiger partial charge in [0.15, 0.2) is 0 Å². The third-order valence-electron chi connectivity index (χ3n) is 3.03. The fourth-order valence-electron chi connectivity index (χ4n) is 2.14. The molecule has 0 aliphatic carbocycles. The molecule has 0 aromatic heterocycles. The van der Waals surface area contributed by atoms with Crippen LogP contribution in [-0.2, 0) is 9.53 Å². The number of carbonyl (C=O) groups is 2. The maximum atomic E-state index is 11.4. The van der Waals surface area contributed by atoms with Gasteiger partial charge in [0.25, 0.3) is 0 Å². The third-order valence-corrected chi connectivity index (χ3v) is 3.03. The zero-order valence-corrected chi connectivity index (χ0v) is 11.9. The van der Waals surface area contributed by atoms with E-state index >= 15 is 0 Å².